The Bertz CT molecular complexity index is 149. The van der Waals surface area contributed by atoms with Crippen molar-refractivity contribution in [1.29, 1.82) is 0 Å². The molecule has 0 aromatic rings. The molecule has 61 valence electrons. The number of hydrogen-bond donors (Lipinski definition) is 0. The molecule has 0 aliphatic heterocycles. The van der Waals surface area contributed by atoms with E-state index in [1.807, 2.05) is 0 Å². The van der Waals surface area contributed by atoms with Crippen molar-refractivity contribution in [3.05, 3.63) is 0 Å². The minimum atomic E-state index is 0. The summed E-state index contributed by atoms with van der Waals surface area (Å²) in [5.41, 5.74) is 0.706. The predicted octanol–water partition coefficient (Wildman–Crippen LogP) is 2.70. The van der Waals surface area contributed by atoms with Crippen LogP contribution in [0.5, 0.6) is 0 Å². The van der Waals surface area contributed by atoms with E-state index < -0.39 is 0 Å². The standard InChI is InChI=1S/C10H18.Al/c1-7-4-5-8-6-9(7)10(8,2)3;/h7-9H,4-6H2,1-3H3;. The molecule has 3 saturated carbocycles. The van der Waals surface area contributed by atoms with Gasteiger partial charge in [-0.25, -0.2) is 0 Å². The van der Waals surface area contributed by atoms with E-state index in [1.165, 1.54) is 19.3 Å². The molecule has 0 heterocycles. The van der Waals surface area contributed by atoms with E-state index in [0.717, 1.165) is 17.8 Å². The summed E-state index contributed by atoms with van der Waals surface area (Å²) in [5.74, 6) is 3.15. The molecule has 2 bridgehead atoms. The van der Waals surface area contributed by atoms with Gasteiger partial charge in [0.2, 0.25) is 0 Å². The average Bonchev–Trinajstić information content (AvgIpc) is 1.87. The van der Waals surface area contributed by atoms with Crippen LogP contribution in [0, 0.1) is 23.2 Å². The molecule has 3 radical (unpaired) electrons. The van der Waals surface area contributed by atoms with Crippen LogP contribution >= 0.6 is 0 Å². The van der Waals surface area contributed by atoms with Gasteiger partial charge in [0.1, 0.15) is 0 Å². The summed E-state index contributed by atoms with van der Waals surface area (Å²) in [7, 11) is 0. The van der Waals surface area contributed by atoms with Crippen LogP contribution in [0.15, 0.2) is 0 Å². The second kappa shape index (κ2) is 2.79. The van der Waals surface area contributed by atoms with Gasteiger partial charge < -0.3 is 0 Å². The van der Waals surface area contributed by atoms with Crippen molar-refractivity contribution in [2.45, 2.75) is 40.0 Å². The fourth-order valence-electron chi connectivity index (χ4n) is 3.18. The van der Waals surface area contributed by atoms with E-state index in [2.05, 4.69) is 20.8 Å². The van der Waals surface area contributed by atoms with Gasteiger partial charge in [-0.15, -0.1) is 0 Å². The number of fused-ring (bicyclic) bond motifs is 2. The van der Waals surface area contributed by atoms with Crippen molar-refractivity contribution < 1.29 is 0 Å². The smallest absolute Gasteiger partial charge is 0 e. The Morgan fingerprint density at radius 3 is 2.09 bits per heavy atom. The van der Waals surface area contributed by atoms with E-state index in [-0.39, 0.29) is 17.4 Å². The van der Waals surface area contributed by atoms with Crippen molar-refractivity contribution in [2.24, 2.45) is 23.2 Å². The van der Waals surface area contributed by atoms with Crippen molar-refractivity contribution in [3.63, 3.8) is 0 Å². The molecule has 11 heavy (non-hydrogen) atoms. The summed E-state index contributed by atoms with van der Waals surface area (Å²) in [4.78, 5) is 0. The zero-order chi connectivity index (χ0) is 7.35. The molecule has 0 nitrogen and oxygen atoms in total. The SMILES string of the molecule is CC1CCC2CC1C2(C)C.[Al]. The molecule has 0 amide bonds. The second-order valence-corrected chi connectivity index (χ2v) is 4.92. The first-order valence-electron chi connectivity index (χ1n) is 4.62. The minimum absolute atomic E-state index is 0. The fourth-order valence-corrected chi connectivity index (χ4v) is 3.18. The molecule has 0 N–H and O–H groups in total. The zero-order valence-corrected chi connectivity index (χ0v) is 9.09. The van der Waals surface area contributed by atoms with E-state index in [4.69, 9.17) is 0 Å². The highest BCUT2D eigenvalue weighted by molar-refractivity contribution is 5.75. The molecule has 0 aromatic carbocycles. The van der Waals surface area contributed by atoms with Gasteiger partial charge in [0.25, 0.3) is 0 Å². The first-order chi connectivity index (χ1) is 4.62. The quantitative estimate of drug-likeness (QED) is 0.484. The van der Waals surface area contributed by atoms with Gasteiger partial charge in [-0.2, -0.15) is 0 Å². The maximum absolute atomic E-state index is 2.46. The molecule has 3 aliphatic rings. The third-order valence-electron chi connectivity index (χ3n) is 4.20. The van der Waals surface area contributed by atoms with Crippen LogP contribution in [-0.4, -0.2) is 17.4 Å². The van der Waals surface area contributed by atoms with E-state index in [9.17, 15) is 0 Å². The minimum Gasteiger partial charge on any atom is -0.0622 e. The van der Waals surface area contributed by atoms with Crippen molar-refractivity contribution in [3.8, 4) is 0 Å². The van der Waals surface area contributed by atoms with Gasteiger partial charge in [-0.05, 0) is 36.0 Å². The molecule has 3 rings (SSSR count). The monoisotopic (exact) mass is 165 g/mol. The summed E-state index contributed by atoms with van der Waals surface area (Å²) < 4.78 is 0. The normalized spacial score (nSPS) is 45.5. The lowest BCUT2D eigenvalue weighted by Gasteiger charge is -2.59. The molecule has 3 unspecified atom stereocenters. The zero-order valence-electron chi connectivity index (χ0n) is 7.93. The van der Waals surface area contributed by atoms with Crippen LogP contribution in [-0.2, 0) is 0 Å². The molecule has 3 aliphatic carbocycles. The van der Waals surface area contributed by atoms with Crippen LogP contribution in [0.4, 0.5) is 0 Å². The van der Waals surface area contributed by atoms with Gasteiger partial charge in [0.05, 0.1) is 0 Å². The Balaban J connectivity index is 0.000000605. The third-order valence-corrected chi connectivity index (χ3v) is 4.20. The number of rotatable bonds is 0. The van der Waals surface area contributed by atoms with Gasteiger partial charge >= 0.3 is 0 Å². The van der Waals surface area contributed by atoms with Gasteiger partial charge in [0, 0.05) is 17.4 Å². The lowest BCUT2D eigenvalue weighted by atomic mass is 9.46. The highest BCUT2D eigenvalue weighted by Crippen LogP contribution is 2.61. The highest BCUT2D eigenvalue weighted by atomic mass is 27.0. The topological polar surface area (TPSA) is 0 Å². The molecule has 0 aromatic heterocycles. The third kappa shape index (κ3) is 1.18. The first-order valence-corrected chi connectivity index (χ1v) is 4.62. The molecule has 3 fully saturated rings. The summed E-state index contributed by atoms with van der Waals surface area (Å²) in [6, 6.07) is 0. The maximum Gasteiger partial charge on any atom is 0 e. The van der Waals surface area contributed by atoms with Crippen molar-refractivity contribution in [1.82, 2.24) is 0 Å². The molecular weight excluding hydrogens is 147 g/mol. The lowest BCUT2D eigenvalue weighted by Crippen LogP contribution is -2.51. The summed E-state index contributed by atoms with van der Waals surface area (Å²) >= 11 is 0. The maximum atomic E-state index is 2.46. The van der Waals surface area contributed by atoms with Gasteiger partial charge in [-0.3, -0.25) is 0 Å². The molecule has 1 heteroatoms. The second-order valence-electron chi connectivity index (χ2n) is 4.92. The van der Waals surface area contributed by atoms with E-state index in [1.54, 1.807) is 0 Å². The van der Waals surface area contributed by atoms with Crippen LogP contribution in [0.1, 0.15) is 40.0 Å². The Hall–Kier alpha value is 0.532. The summed E-state index contributed by atoms with van der Waals surface area (Å²) in [5, 5.41) is 0. The first kappa shape index (κ1) is 9.62. The number of hydrogen-bond acceptors (Lipinski definition) is 0. The van der Waals surface area contributed by atoms with Gasteiger partial charge in [-0.1, -0.05) is 27.2 Å². The summed E-state index contributed by atoms with van der Waals surface area (Å²) in [6.45, 7) is 7.35. The Morgan fingerprint density at radius 2 is 1.82 bits per heavy atom. The summed E-state index contributed by atoms with van der Waals surface area (Å²) in [6.07, 6.45) is 4.54. The van der Waals surface area contributed by atoms with Crippen molar-refractivity contribution in [2.75, 3.05) is 0 Å². The van der Waals surface area contributed by atoms with Crippen LogP contribution in [0.2, 0.25) is 0 Å². The van der Waals surface area contributed by atoms with Crippen LogP contribution < -0.4 is 0 Å². The highest BCUT2D eigenvalue weighted by Gasteiger charge is 2.52. The Morgan fingerprint density at radius 1 is 1.18 bits per heavy atom. The van der Waals surface area contributed by atoms with Gasteiger partial charge in [0.15, 0.2) is 0 Å². The largest absolute Gasteiger partial charge is 0.0622 e. The fraction of sp³-hybridized carbons (Fsp3) is 1.00. The average molecular weight is 165 g/mol. The predicted molar refractivity (Wildman–Crippen MR) is 49.5 cm³/mol. The van der Waals surface area contributed by atoms with Crippen LogP contribution in [0.3, 0.4) is 0 Å². The Labute approximate surface area is 80.9 Å². The molecule has 0 spiro atoms. The molecule has 3 atom stereocenters. The Kier molecular flexibility index (Phi) is 2.44. The molecule has 0 saturated heterocycles. The van der Waals surface area contributed by atoms with E-state index in [0.29, 0.717) is 5.41 Å². The van der Waals surface area contributed by atoms with Crippen LogP contribution in [0.25, 0.3) is 0 Å². The van der Waals surface area contributed by atoms with Crippen molar-refractivity contribution >= 4 is 17.4 Å². The van der Waals surface area contributed by atoms with E-state index >= 15 is 0 Å². The lowest BCUT2D eigenvalue weighted by molar-refractivity contribution is -0.0988. The molecular formula is C10H18Al.